The van der Waals surface area contributed by atoms with Gasteiger partial charge in [-0.05, 0) is 19.4 Å². The number of unbranched alkanes of at least 4 members (excludes halogenated alkanes) is 2. The number of aromatic nitrogens is 1. The van der Waals surface area contributed by atoms with Crippen LogP contribution in [0.2, 0.25) is 0 Å². The molecule has 24 heavy (non-hydrogen) atoms. The summed E-state index contributed by atoms with van der Waals surface area (Å²) in [6, 6.07) is 1.53. The Bertz CT molecular complexity index is 634. The van der Waals surface area contributed by atoms with Crippen molar-refractivity contribution in [3.63, 3.8) is 0 Å². The zero-order chi connectivity index (χ0) is 18.3. The normalized spacial score (nSPS) is 13.2. The molecule has 0 aliphatic rings. The van der Waals surface area contributed by atoms with Crippen LogP contribution in [-0.2, 0) is 17.1 Å². The number of aryl methyl sites for hydroxylation is 1. The molecule has 1 aromatic heterocycles. The molecule has 0 aliphatic heterocycles. The molecule has 0 bridgehead atoms. The van der Waals surface area contributed by atoms with Crippen molar-refractivity contribution in [1.29, 1.82) is 0 Å². The Balaban J connectivity index is 2.88. The molecule has 1 unspecified atom stereocenters. The quantitative estimate of drug-likeness (QED) is 0.655. The maximum absolute atomic E-state index is 12.6. The third kappa shape index (κ3) is 5.08. The fourth-order valence-corrected chi connectivity index (χ4v) is 4.21. The van der Waals surface area contributed by atoms with E-state index in [2.05, 4.69) is 12.2 Å². The van der Waals surface area contributed by atoms with E-state index in [1.54, 1.807) is 25.5 Å². The summed E-state index contributed by atoms with van der Waals surface area (Å²) < 4.78 is 28.1. The first kappa shape index (κ1) is 20.7. The van der Waals surface area contributed by atoms with Crippen molar-refractivity contribution < 1.29 is 13.2 Å². The van der Waals surface area contributed by atoms with E-state index in [1.807, 2.05) is 6.92 Å². The minimum atomic E-state index is -3.55. The highest BCUT2D eigenvalue weighted by atomic mass is 32.2. The first-order chi connectivity index (χ1) is 11.3. The van der Waals surface area contributed by atoms with Gasteiger partial charge < -0.3 is 9.88 Å². The van der Waals surface area contributed by atoms with Crippen molar-refractivity contribution in [2.75, 3.05) is 13.1 Å². The summed E-state index contributed by atoms with van der Waals surface area (Å²) in [5.41, 5.74) is 0.364. The third-order valence-corrected chi connectivity index (χ3v) is 6.19. The lowest BCUT2D eigenvalue weighted by Gasteiger charge is -2.17. The molecule has 1 amide bonds. The van der Waals surface area contributed by atoms with Crippen LogP contribution in [0.1, 0.15) is 63.9 Å². The summed E-state index contributed by atoms with van der Waals surface area (Å²) in [6.45, 7) is 8.54. The van der Waals surface area contributed by atoms with Gasteiger partial charge >= 0.3 is 0 Å². The molecule has 0 saturated heterocycles. The smallest absolute Gasteiger partial charge is 0.268 e. The fourth-order valence-electron chi connectivity index (χ4n) is 2.68. The molecule has 1 heterocycles. The summed E-state index contributed by atoms with van der Waals surface area (Å²) >= 11 is 0. The van der Waals surface area contributed by atoms with Crippen LogP contribution in [0.4, 0.5) is 0 Å². The lowest BCUT2D eigenvalue weighted by Crippen LogP contribution is -2.33. The molecule has 0 aromatic carbocycles. The van der Waals surface area contributed by atoms with Crippen molar-refractivity contribution >= 4 is 15.9 Å². The molecule has 0 spiro atoms. The number of hydrogen-bond donors (Lipinski definition) is 1. The molecule has 0 fully saturated rings. The van der Waals surface area contributed by atoms with Crippen LogP contribution in [0.15, 0.2) is 17.2 Å². The predicted octanol–water partition coefficient (Wildman–Crippen LogP) is 2.75. The molecule has 0 saturated carbocycles. The van der Waals surface area contributed by atoms with Crippen LogP contribution >= 0.6 is 0 Å². The van der Waals surface area contributed by atoms with E-state index < -0.39 is 10.0 Å². The minimum Gasteiger partial charge on any atom is -0.348 e. The second-order valence-corrected chi connectivity index (χ2v) is 8.07. The number of carbonyl (C=O) groups excluding carboxylic acids is 1. The van der Waals surface area contributed by atoms with Crippen molar-refractivity contribution in [1.82, 2.24) is 14.2 Å². The topological polar surface area (TPSA) is 71.4 Å². The number of amides is 1. The predicted molar refractivity (Wildman–Crippen MR) is 96.6 cm³/mol. The van der Waals surface area contributed by atoms with Crippen molar-refractivity contribution in [3.05, 3.63) is 18.0 Å². The van der Waals surface area contributed by atoms with Gasteiger partial charge in [0, 0.05) is 32.4 Å². The molecule has 1 N–H and O–H groups in total. The number of sulfonamides is 1. The Morgan fingerprint density at radius 3 is 2.42 bits per heavy atom. The Morgan fingerprint density at radius 1 is 1.25 bits per heavy atom. The molecular weight excluding hydrogens is 326 g/mol. The third-order valence-electron chi connectivity index (χ3n) is 4.17. The highest BCUT2D eigenvalue weighted by Crippen LogP contribution is 2.18. The lowest BCUT2D eigenvalue weighted by molar-refractivity contribution is 0.0929. The number of rotatable bonds is 10. The SMILES string of the molecule is CCCCCC(C)NC(=O)c1cc(S(=O)(=O)N(CC)CC)cn1C. The highest BCUT2D eigenvalue weighted by Gasteiger charge is 2.25. The van der Waals surface area contributed by atoms with Gasteiger partial charge in [-0.1, -0.05) is 40.0 Å². The molecular formula is C17H31N3O3S. The van der Waals surface area contributed by atoms with Gasteiger partial charge in [0.25, 0.3) is 5.91 Å². The molecule has 1 atom stereocenters. The van der Waals surface area contributed by atoms with E-state index >= 15 is 0 Å². The molecule has 1 rings (SSSR count). The Kier molecular flexibility index (Phi) is 7.96. The highest BCUT2D eigenvalue weighted by molar-refractivity contribution is 7.89. The standard InChI is InChI=1S/C17H31N3O3S/c1-6-9-10-11-14(4)18-17(21)16-12-15(13-19(16)5)24(22,23)20(7-2)8-3/h12-14H,6-11H2,1-5H3,(H,18,21). The van der Waals surface area contributed by atoms with Gasteiger partial charge in [-0.15, -0.1) is 0 Å². The summed E-state index contributed by atoms with van der Waals surface area (Å²) in [6.07, 6.45) is 5.80. The van der Waals surface area contributed by atoms with Crippen LogP contribution in [0.5, 0.6) is 0 Å². The van der Waals surface area contributed by atoms with E-state index in [4.69, 9.17) is 0 Å². The van der Waals surface area contributed by atoms with E-state index in [1.165, 1.54) is 16.6 Å². The van der Waals surface area contributed by atoms with E-state index in [-0.39, 0.29) is 16.8 Å². The number of hydrogen-bond acceptors (Lipinski definition) is 3. The second-order valence-electron chi connectivity index (χ2n) is 6.13. The van der Waals surface area contributed by atoms with Gasteiger partial charge in [0.05, 0.1) is 0 Å². The van der Waals surface area contributed by atoms with Crippen molar-refractivity contribution in [3.8, 4) is 0 Å². The van der Waals surface area contributed by atoms with Gasteiger partial charge in [-0.25, -0.2) is 8.42 Å². The average molecular weight is 358 g/mol. The van der Waals surface area contributed by atoms with E-state index in [9.17, 15) is 13.2 Å². The van der Waals surface area contributed by atoms with Crippen LogP contribution < -0.4 is 5.32 Å². The Labute approximate surface area is 146 Å². The molecule has 0 aliphatic carbocycles. The van der Waals surface area contributed by atoms with Gasteiger partial charge in [-0.2, -0.15) is 4.31 Å². The molecule has 7 heteroatoms. The molecule has 0 radical (unpaired) electrons. The van der Waals surface area contributed by atoms with Crippen molar-refractivity contribution in [2.24, 2.45) is 7.05 Å². The summed E-state index contributed by atoms with van der Waals surface area (Å²) in [5, 5.41) is 2.95. The average Bonchev–Trinajstić information content (AvgIpc) is 2.91. The zero-order valence-electron chi connectivity index (χ0n) is 15.5. The molecule has 138 valence electrons. The number of nitrogens with one attached hydrogen (secondary N) is 1. The van der Waals surface area contributed by atoms with E-state index in [0.29, 0.717) is 18.8 Å². The maximum atomic E-state index is 12.6. The minimum absolute atomic E-state index is 0.0711. The first-order valence-electron chi connectivity index (χ1n) is 8.75. The number of nitrogens with zero attached hydrogens (tertiary/aromatic N) is 2. The fraction of sp³-hybridized carbons (Fsp3) is 0.706. The van der Waals surface area contributed by atoms with E-state index in [0.717, 1.165) is 25.7 Å². The molecule has 6 nitrogen and oxygen atoms in total. The first-order valence-corrected chi connectivity index (χ1v) is 10.2. The van der Waals surface area contributed by atoms with Crippen LogP contribution in [0, 0.1) is 0 Å². The summed E-state index contributed by atoms with van der Waals surface area (Å²) in [4.78, 5) is 12.6. The van der Waals surface area contributed by atoms with Gasteiger partial charge in [0.1, 0.15) is 10.6 Å². The monoisotopic (exact) mass is 357 g/mol. The maximum Gasteiger partial charge on any atom is 0.268 e. The van der Waals surface area contributed by atoms with Crippen LogP contribution in [0.3, 0.4) is 0 Å². The Hall–Kier alpha value is -1.34. The second kappa shape index (κ2) is 9.22. The van der Waals surface area contributed by atoms with Crippen LogP contribution in [0.25, 0.3) is 0 Å². The van der Waals surface area contributed by atoms with Crippen LogP contribution in [-0.4, -0.2) is 42.3 Å². The summed E-state index contributed by atoms with van der Waals surface area (Å²) in [7, 11) is -1.86. The van der Waals surface area contributed by atoms with Crippen molar-refractivity contribution in [2.45, 2.75) is 64.3 Å². The number of carbonyl (C=O) groups is 1. The largest absolute Gasteiger partial charge is 0.348 e. The van der Waals surface area contributed by atoms with Gasteiger partial charge in [-0.3, -0.25) is 4.79 Å². The summed E-state index contributed by atoms with van der Waals surface area (Å²) in [5.74, 6) is -0.234. The lowest BCUT2D eigenvalue weighted by atomic mass is 10.1. The molecule has 1 aromatic rings. The van der Waals surface area contributed by atoms with Gasteiger partial charge in [0.15, 0.2) is 0 Å². The zero-order valence-corrected chi connectivity index (χ0v) is 16.3. The Morgan fingerprint density at radius 2 is 1.88 bits per heavy atom. The van der Waals surface area contributed by atoms with Gasteiger partial charge in [0.2, 0.25) is 10.0 Å².